The molecule has 5 heteroatoms. The topological polar surface area (TPSA) is 64.6 Å². The summed E-state index contributed by atoms with van der Waals surface area (Å²) in [6.07, 6.45) is 0. The Morgan fingerprint density at radius 1 is 1.21 bits per heavy atom. The fourth-order valence-corrected chi connectivity index (χ4v) is 1.80. The van der Waals surface area contributed by atoms with E-state index in [1.54, 1.807) is 14.1 Å². The van der Waals surface area contributed by atoms with Gasteiger partial charge in [-0.3, -0.25) is 0 Å². The number of carbonyl (C=O) groups is 1. The smallest absolute Gasteiger partial charge is 0.316 e. The fraction of sp³-hybridized carbons (Fsp3) is 0.500. The molecule has 0 heterocycles. The Hall–Kier alpha value is -1.75. The average Bonchev–Trinajstić information content (AvgIpc) is 2.34. The summed E-state index contributed by atoms with van der Waals surface area (Å²) < 4.78 is 0. The molecule has 0 saturated heterocycles. The number of aryl methyl sites for hydroxylation is 2. The average molecular weight is 265 g/mol. The van der Waals surface area contributed by atoms with Crippen LogP contribution in [-0.4, -0.2) is 43.2 Å². The Labute approximate surface area is 114 Å². The van der Waals surface area contributed by atoms with Crippen molar-refractivity contribution in [2.45, 2.75) is 20.4 Å². The number of urea groups is 1. The minimum absolute atomic E-state index is 0.0851. The molecule has 5 nitrogen and oxygen atoms in total. The lowest BCUT2D eigenvalue weighted by atomic mass is 10.1. The number of nitrogens with zero attached hydrogens (tertiary/aromatic N) is 1. The number of amides is 2. The predicted molar refractivity (Wildman–Crippen MR) is 76.4 cm³/mol. The van der Waals surface area contributed by atoms with Crippen LogP contribution in [0.5, 0.6) is 5.75 Å². The molecule has 1 aromatic rings. The highest BCUT2D eigenvalue weighted by atomic mass is 16.3. The molecule has 1 aromatic carbocycles. The number of hydrogen-bond donors (Lipinski definition) is 3. The standard InChI is InChI=1S/C14H23N3O2/c1-10-7-12(8-11(2)13(10)18)9-15-5-6-16-14(19)17(3)4/h7-8,15,18H,5-6,9H2,1-4H3,(H,16,19). The number of carbonyl (C=O) groups excluding carboxylic acids is 1. The third-order valence-corrected chi connectivity index (χ3v) is 2.86. The largest absolute Gasteiger partial charge is 0.507 e. The van der Waals surface area contributed by atoms with Crippen molar-refractivity contribution in [3.8, 4) is 5.75 Å². The van der Waals surface area contributed by atoms with Crippen molar-refractivity contribution in [1.82, 2.24) is 15.5 Å². The molecule has 0 saturated carbocycles. The third kappa shape index (κ3) is 4.79. The Kier molecular flexibility index (Phi) is 5.63. The van der Waals surface area contributed by atoms with Crippen LogP contribution in [0.1, 0.15) is 16.7 Å². The van der Waals surface area contributed by atoms with Crippen LogP contribution in [0, 0.1) is 13.8 Å². The summed E-state index contributed by atoms with van der Waals surface area (Å²) in [6, 6.07) is 3.85. The van der Waals surface area contributed by atoms with Crippen LogP contribution in [0.25, 0.3) is 0 Å². The first-order valence-corrected chi connectivity index (χ1v) is 6.36. The zero-order valence-corrected chi connectivity index (χ0v) is 12.1. The summed E-state index contributed by atoms with van der Waals surface area (Å²) in [5, 5.41) is 15.7. The molecule has 3 N–H and O–H groups in total. The Balaban J connectivity index is 2.32. The Morgan fingerprint density at radius 2 is 1.79 bits per heavy atom. The number of rotatable bonds is 5. The number of benzene rings is 1. The van der Waals surface area contributed by atoms with E-state index in [0.717, 1.165) is 23.2 Å². The summed E-state index contributed by atoms with van der Waals surface area (Å²) >= 11 is 0. The normalized spacial score (nSPS) is 10.3. The van der Waals surface area contributed by atoms with E-state index in [4.69, 9.17) is 0 Å². The maximum atomic E-state index is 11.3. The predicted octanol–water partition coefficient (Wildman–Crippen LogP) is 1.37. The molecule has 0 aromatic heterocycles. The van der Waals surface area contributed by atoms with Gasteiger partial charge in [-0.05, 0) is 30.5 Å². The van der Waals surface area contributed by atoms with Crippen LogP contribution in [-0.2, 0) is 6.54 Å². The van der Waals surface area contributed by atoms with Gasteiger partial charge in [0.1, 0.15) is 5.75 Å². The maximum Gasteiger partial charge on any atom is 0.316 e. The van der Waals surface area contributed by atoms with Gasteiger partial charge in [-0.1, -0.05) is 12.1 Å². The molecule has 0 atom stereocenters. The van der Waals surface area contributed by atoms with Crippen molar-refractivity contribution in [2.75, 3.05) is 27.2 Å². The molecule has 0 aliphatic heterocycles. The van der Waals surface area contributed by atoms with Crippen LogP contribution in [0.2, 0.25) is 0 Å². The van der Waals surface area contributed by atoms with Crippen LogP contribution < -0.4 is 10.6 Å². The molecule has 1 rings (SSSR count). The van der Waals surface area contributed by atoms with Gasteiger partial charge in [-0.15, -0.1) is 0 Å². The number of aromatic hydroxyl groups is 1. The van der Waals surface area contributed by atoms with E-state index in [9.17, 15) is 9.90 Å². The molecule has 0 spiro atoms. The van der Waals surface area contributed by atoms with Crippen LogP contribution >= 0.6 is 0 Å². The molecular weight excluding hydrogens is 242 g/mol. The summed E-state index contributed by atoms with van der Waals surface area (Å²) in [7, 11) is 3.43. The van der Waals surface area contributed by atoms with E-state index in [1.165, 1.54) is 4.90 Å². The van der Waals surface area contributed by atoms with E-state index < -0.39 is 0 Å². The first-order valence-electron chi connectivity index (χ1n) is 6.36. The molecule has 0 bridgehead atoms. The second-order valence-electron chi connectivity index (χ2n) is 4.88. The zero-order valence-electron chi connectivity index (χ0n) is 12.1. The van der Waals surface area contributed by atoms with E-state index in [2.05, 4.69) is 10.6 Å². The molecule has 0 aliphatic rings. The van der Waals surface area contributed by atoms with Gasteiger partial charge in [0.25, 0.3) is 0 Å². The third-order valence-electron chi connectivity index (χ3n) is 2.86. The highest BCUT2D eigenvalue weighted by Crippen LogP contribution is 2.22. The monoisotopic (exact) mass is 265 g/mol. The fourth-order valence-electron chi connectivity index (χ4n) is 1.80. The summed E-state index contributed by atoms with van der Waals surface area (Å²) in [6.45, 7) is 5.80. The molecule has 106 valence electrons. The SMILES string of the molecule is Cc1cc(CNCCNC(=O)N(C)C)cc(C)c1O. The van der Waals surface area contributed by atoms with Crippen molar-refractivity contribution in [3.05, 3.63) is 28.8 Å². The molecule has 19 heavy (non-hydrogen) atoms. The van der Waals surface area contributed by atoms with Crippen LogP contribution in [0.4, 0.5) is 4.79 Å². The van der Waals surface area contributed by atoms with Crippen LogP contribution in [0.15, 0.2) is 12.1 Å². The first-order chi connectivity index (χ1) is 8.91. The van der Waals surface area contributed by atoms with Gasteiger partial charge in [0.15, 0.2) is 0 Å². The van der Waals surface area contributed by atoms with Gasteiger partial charge >= 0.3 is 6.03 Å². The maximum absolute atomic E-state index is 11.3. The zero-order chi connectivity index (χ0) is 14.4. The van der Waals surface area contributed by atoms with Crippen molar-refractivity contribution in [1.29, 1.82) is 0 Å². The van der Waals surface area contributed by atoms with E-state index >= 15 is 0 Å². The lowest BCUT2D eigenvalue weighted by Crippen LogP contribution is -2.38. The Bertz CT molecular complexity index is 421. The van der Waals surface area contributed by atoms with Gasteiger partial charge in [-0.25, -0.2) is 4.79 Å². The molecule has 0 radical (unpaired) electrons. The van der Waals surface area contributed by atoms with E-state index in [0.29, 0.717) is 18.8 Å². The second kappa shape index (κ2) is 6.99. The summed E-state index contributed by atoms with van der Waals surface area (Å²) in [4.78, 5) is 12.8. The van der Waals surface area contributed by atoms with Crippen molar-refractivity contribution >= 4 is 6.03 Å². The highest BCUT2D eigenvalue weighted by Gasteiger charge is 2.03. The number of phenols is 1. The minimum Gasteiger partial charge on any atom is -0.507 e. The summed E-state index contributed by atoms with van der Waals surface area (Å²) in [5.41, 5.74) is 2.90. The van der Waals surface area contributed by atoms with Crippen LogP contribution in [0.3, 0.4) is 0 Å². The quantitative estimate of drug-likeness (QED) is 0.705. The lowest BCUT2D eigenvalue weighted by molar-refractivity contribution is 0.217. The summed E-state index contributed by atoms with van der Waals surface area (Å²) in [5.74, 6) is 0.363. The Morgan fingerprint density at radius 3 is 2.32 bits per heavy atom. The highest BCUT2D eigenvalue weighted by molar-refractivity contribution is 5.73. The molecule has 0 fully saturated rings. The van der Waals surface area contributed by atoms with Gasteiger partial charge in [0.05, 0.1) is 0 Å². The second-order valence-corrected chi connectivity index (χ2v) is 4.88. The van der Waals surface area contributed by atoms with Crippen molar-refractivity contribution in [3.63, 3.8) is 0 Å². The minimum atomic E-state index is -0.0851. The first kappa shape index (κ1) is 15.3. The van der Waals surface area contributed by atoms with E-state index in [1.807, 2.05) is 26.0 Å². The van der Waals surface area contributed by atoms with E-state index in [-0.39, 0.29) is 6.03 Å². The van der Waals surface area contributed by atoms with Gasteiger partial charge in [0, 0.05) is 33.7 Å². The number of phenolic OH excluding ortho intramolecular Hbond substituents is 1. The van der Waals surface area contributed by atoms with Crippen molar-refractivity contribution in [2.24, 2.45) is 0 Å². The molecule has 0 aliphatic carbocycles. The lowest BCUT2D eigenvalue weighted by Gasteiger charge is -2.12. The van der Waals surface area contributed by atoms with Gasteiger partial charge in [-0.2, -0.15) is 0 Å². The van der Waals surface area contributed by atoms with Crippen molar-refractivity contribution < 1.29 is 9.90 Å². The number of nitrogens with one attached hydrogen (secondary N) is 2. The number of hydrogen-bond acceptors (Lipinski definition) is 3. The molecule has 2 amide bonds. The molecule has 0 unspecified atom stereocenters. The molecular formula is C14H23N3O2. The van der Waals surface area contributed by atoms with Gasteiger partial charge < -0.3 is 20.6 Å². The van der Waals surface area contributed by atoms with Gasteiger partial charge in [0.2, 0.25) is 0 Å².